The average molecular weight is 342 g/mol. The Bertz CT molecular complexity index is 508. The van der Waals surface area contributed by atoms with Gasteiger partial charge in [0.2, 0.25) is 0 Å². The molecule has 0 fully saturated rings. The van der Waals surface area contributed by atoms with Gasteiger partial charge in [-0.2, -0.15) is 0 Å². The zero-order valence-corrected chi connectivity index (χ0v) is 16.3. The third-order valence-corrected chi connectivity index (χ3v) is 4.34. The van der Waals surface area contributed by atoms with Crippen molar-refractivity contribution >= 4 is 17.4 Å². The van der Waals surface area contributed by atoms with E-state index < -0.39 is 5.60 Å². The van der Waals surface area contributed by atoms with Gasteiger partial charge in [-0.3, -0.25) is 0 Å². The molecule has 1 unspecified atom stereocenters. The van der Waals surface area contributed by atoms with Crippen LogP contribution in [0.3, 0.4) is 0 Å². The first-order valence-electron chi connectivity index (χ1n) is 8.29. The molecule has 6 heteroatoms. The lowest BCUT2D eigenvalue weighted by molar-refractivity contribution is 0.0258. The smallest absolute Gasteiger partial charge is 0.410 e. The number of thiazole rings is 1. The summed E-state index contributed by atoms with van der Waals surface area (Å²) in [6.45, 7) is 16.1. The highest BCUT2D eigenvalue weighted by Gasteiger charge is 2.20. The van der Waals surface area contributed by atoms with Crippen molar-refractivity contribution in [1.29, 1.82) is 0 Å². The summed E-state index contributed by atoms with van der Waals surface area (Å²) in [7, 11) is 0. The van der Waals surface area contributed by atoms with Crippen LogP contribution in [-0.4, -0.2) is 41.2 Å². The lowest BCUT2D eigenvalue weighted by Gasteiger charge is -2.26. The maximum Gasteiger partial charge on any atom is 0.410 e. The Morgan fingerprint density at radius 3 is 2.52 bits per heavy atom. The molecule has 0 bridgehead atoms. The summed E-state index contributed by atoms with van der Waals surface area (Å²) in [5.74, 6) is 0. The van der Waals surface area contributed by atoms with Gasteiger partial charge >= 0.3 is 6.09 Å². The van der Waals surface area contributed by atoms with Gasteiger partial charge in [-0.25, -0.2) is 9.78 Å². The molecule has 0 aromatic carbocycles. The van der Waals surface area contributed by atoms with Gasteiger partial charge in [0.25, 0.3) is 0 Å². The second kappa shape index (κ2) is 8.64. The maximum absolute atomic E-state index is 12.1. The van der Waals surface area contributed by atoms with Crippen LogP contribution in [-0.2, 0) is 4.74 Å². The molecule has 1 N–H and O–H groups in total. The van der Waals surface area contributed by atoms with Crippen molar-refractivity contribution in [1.82, 2.24) is 15.2 Å². The van der Waals surface area contributed by atoms with Crippen LogP contribution < -0.4 is 5.32 Å². The minimum atomic E-state index is -0.447. The third kappa shape index (κ3) is 6.87. The molecule has 0 saturated carbocycles. The normalized spacial score (nSPS) is 13.0. The summed E-state index contributed by atoms with van der Waals surface area (Å²) < 4.78 is 5.41. The van der Waals surface area contributed by atoms with Gasteiger partial charge in [0.05, 0.1) is 10.7 Å². The van der Waals surface area contributed by atoms with Crippen molar-refractivity contribution in [2.24, 2.45) is 0 Å². The number of nitrogens with zero attached hydrogens (tertiary/aromatic N) is 2. The molecule has 1 heterocycles. The molecule has 1 amide bonds. The molecule has 1 atom stereocenters. The summed E-state index contributed by atoms with van der Waals surface area (Å²) in [6.07, 6.45) is 0.651. The predicted molar refractivity (Wildman–Crippen MR) is 96.1 cm³/mol. The second-order valence-electron chi connectivity index (χ2n) is 6.76. The lowest BCUT2D eigenvalue weighted by Crippen LogP contribution is -2.38. The zero-order valence-electron chi connectivity index (χ0n) is 15.5. The molecule has 0 saturated heterocycles. The van der Waals surface area contributed by atoms with Gasteiger partial charge in [-0.05, 0) is 61.4 Å². The standard InChI is InChI=1S/C17H31N3O2S/c1-8-20(16(21)22-17(5,6)7)11-9-10-18-12(2)15-13(3)23-14(4)19-15/h12,18H,8-11H2,1-7H3. The van der Waals surface area contributed by atoms with Crippen LogP contribution in [0.5, 0.6) is 0 Å². The Hall–Kier alpha value is -1.14. The Morgan fingerprint density at radius 2 is 2.04 bits per heavy atom. The van der Waals surface area contributed by atoms with E-state index in [2.05, 4.69) is 24.1 Å². The minimum absolute atomic E-state index is 0.233. The van der Waals surface area contributed by atoms with Gasteiger partial charge in [-0.1, -0.05) is 0 Å². The fourth-order valence-corrected chi connectivity index (χ4v) is 3.25. The van der Waals surface area contributed by atoms with Gasteiger partial charge in [-0.15, -0.1) is 11.3 Å². The molecule has 23 heavy (non-hydrogen) atoms. The number of aromatic nitrogens is 1. The van der Waals surface area contributed by atoms with E-state index in [0.717, 1.165) is 23.7 Å². The molecular formula is C17H31N3O2S. The quantitative estimate of drug-likeness (QED) is 0.760. The van der Waals surface area contributed by atoms with Gasteiger partial charge in [0, 0.05) is 24.0 Å². The van der Waals surface area contributed by atoms with E-state index in [-0.39, 0.29) is 12.1 Å². The number of hydrogen-bond acceptors (Lipinski definition) is 5. The highest BCUT2D eigenvalue weighted by atomic mass is 32.1. The molecule has 0 radical (unpaired) electrons. The number of hydrogen-bond donors (Lipinski definition) is 1. The Morgan fingerprint density at radius 1 is 1.39 bits per heavy atom. The zero-order chi connectivity index (χ0) is 17.6. The summed E-state index contributed by atoms with van der Waals surface area (Å²) in [5, 5.41) is 4.59. The highest BCUT2D eigenvalue weighted by molar-refractivity contribution is 7.11. The van der Waals surface area contributed by atoms with E-state index in [1.807, 2.05) is 34.6 Å². The number of carbonyl (C=O) groups is 1. The van der Waals surface area contributed by atoms with E-state index in [1.165, 1.54) is 4.88 Å². The lowest BCUT2D eigenvalue weighted by atomic mass is 10.2. The molecule has 0 aliphatic carbocycles. The van der Waals surface area contributed by atoms with Gasteiger partial charge in [0.1, 0.15) is 5.60 Å². The van der Waals surface area contributed by atoms with Gasteiger partial charge in [0.15, 0.2) is 0 Å². The Kier molecular flexibility index (Phi) is 7.48. The average Bonchev–Trinajstić information content (AvgIpc) is 2.75. The molecule has 1 aromatic rings. The predicted octanol–water partition coefficient (Wildman–Crippen LogP) is 4.06. The second-order valence-corrected chi connectivity index (χ2v) is 8.17. The van der Waals surface area contributed by atoms with Crippen molar-refractivity contribution in [3.63, 3.8) is 0 Å². The fourth-order valence-electron chi connectivity index (χ4n) is 2.34. The first kappa shape index (κ1) is 19.9. The number of rotatable bonds is 7. The summed E-state index contributed by atoms with van der Waals surface area (Å²) in [6, 6.07) is 0.233. The van der Waals surface area contributed by atoms with Gasteiger partial charge < -0.3 is 15.0 Å². The van der Waals surface area contributed by atoms with E-state index >= 15 is 0 Å². The van der Waals surface area contributed by atoms with Crippen molar-refractivity contribution in [3.8, 4) is 0 Å². The number of nitrogens with one attached hydrogen (secondary N) is 1. The van der Waals surface area contributed by atoms with E-state index in [4.69, 9.17) is 4.74 Å². The van der Waals surface area contributed by atoms with E-state index in [9.17, 15) is 4.79 Å². The van der Waals surface area contributed by atoms with Crippen LogP contribution in [0.2, 0.25) is 0 Å². The fraction of sp³-hybridized carbons (Fsp3) is 0.765. The van der Waals surface area contributed by atoms with Crippen LogP contribution in [0.1, 0.15) is 62.7 Å². The number of ether oxygens (including phenoxy) is 1. The van der Waals surface area contributed by atoms with Crippen LogP contribution in [0.4, 0.5) is 4.79 Å². The third-order valence-electron chi connectivity index (χ3n) is 3.44. The SMILES string of the molecule is CCN(CCCNC(C)c1nc(C)sc1C)C(=O)OC(C)(C)C. The topological polar surface area (TPSA) is 54.5 Å². The molecule has 0 spiro atoms. The molecule has 0 aliphatic rings. The van der Waals surface area contributed by atoms with Crippen molar-refractivity contribution in [2.75, 3.05) is 19.6 Å². The monoisotopic (exact) mass is 341 g/mol. The molecule has 1 aromatic heterocycles. The Balaban J connectivity index is 2.37. The Labute approximate surface area is 144 Å². The molecule has 0 aliphatic heterocycles. The van der Waals surface area contributed by atoms with Crippen molar-refractivity contribution in [2.45, 2.75) is 66.5 Å². The summed E-state index contributed by atoms with van der Waals surface area (Å²) in [5.41, 5.74) is 0.684. The number of carbonyl (C=O) groups excluding carboxylic acids is 1. The maximum atomic E-state index is 12.1. The van der Waals surface area contributed by atoms with Crippen LogP contribution in [0.15, 0.2) is 0 Å². The first-order chi connectivity index (χ1) is 10.6. The van der Waals surface area contributed by atoms with E-state index in [1.54, 1.807) is 16.2 Å². The largest absolute Gasteiger partial charge is 0.444 e. The highest BCUT2D eigenvalue weighted by Crippen LogP contribution is 2.22. The number of amides is 1. The van der Waals surface area contributed by atoms with Crippen LogP contribution in [0, 0.1) is 13.8 Å². The van der Waals surface area contributed by atoms with E-state index in [0.29, 0.717) is 13.1 Å². The number of aryl methyl sites for hydroxylation is 2. The van der Waals surface area contributed by atoms with Crippen molar-refractivity contribution < 1.29 is 9.53 Å². The molecule has 5 nitrogen and oxygen atoms in total. The van der Waals surface area contributed by atoms with Crippen molar-refractivity contribution in [3.05, 3.63) is 15.6 Å². The van der Waals surface area contributed by atoms with Crippen LogP contribution in [0.25, 0.3) is 0 Å². The minimum Gasteiger partial charge on any atom is -0.444 e. The summed E-state index contributed by atoms with van der Waals surface area (Å²) in [4.78, 5) is 19.7. The van der Waals surface area contributed by atoms with Crippen LogP contribution >= 0.6 is 11.3 Å². The first-order valence-corrected chi connectivity index (χ1v) is 9.11. The molecule has 132 valence electrons. The molecular weight excluding hydrogens is 310 g/mol. The summed E-state index contributed by atoms with van der Waals surface area (Å²) >= 11 is 1.73. The molecule has 1 rings (SSSR count).